The van der Waals surface area contributed by atoms with E-state index in [0.29, 0.717) is 11.8 Å². The lowest BCUT2D eigenvalue weighted by Crippen LogP contribution is -2.57. The molecule has 0 atom stereocenters. The summed E-state index contributed by atoms with van der Waals surface area (Å²) in [6.45, 7) is 9.70. The zero-order valence-electron chi connectivity index (χ0n) is 30.3. The molecule has 0 saturated heterocycles. The normalized spacial score (nSPS) is 27.6. The SMILES string of the molecule is CC1(C)CCC(C)(C)c2cc(N(c3ccc4c(c3)C3(c5ccccc5O4)C4CC5CC(C4)CC3C5)c3ccc4oc5ccccc5c4c3)ccc21. The number of anilines is 3. The molecule has 3 nitrogen and oxygen atoms in total. The van der Waals surface area contributed by atoms with Crippen molar-refractivity contribution in [2.45, 2.75) is 88.9 Å². The van der Waals surface area contributed by atoms with Crippen LogP contribution in [0, 0.1) is 23.7 Å². The van der Waals surface area contributed by atoms with Gasteiger partial charge in [0.1, 0.15) is 22.7 Å². The third-order valence-corrected chi connectivity index (χ3v) is 14.4. The monoisotopic (exact) mass is 669 g/mol. The fraction of sp³-hybridized carbons (Fsp3) is 0.375. The molecule has 1 aliphatic heterocycles. The van der Waals surface area contributed by atoms with Crippen molar-refractivity contribution in [2.24, 2.45) is 23.7 Å². The molecule has 12 rings (SSSR count). The summed E-state index contributed by atoms with van der Waals surface area (Å²) in [5, 5.41) is 2.31. The Balaban J connectivity index is 1.15. The molecule has 6 aromatic rings. The summed E-state index contributed by atoms with van der Waals surface area (Å²) in [5.41, 5.74) is 11.5. The fourth-order valence-electron chi connectivity index (χ4n) is 12.1. The highest BCUT2D eigenvalue weighted by Crippen LogP contribution is 2.69. The quantitative estimate of drug-likeness (QED) is 0.188. The molecule has 1 spiro atoms. The molecule has 6 aliphatic rings. The van der Waals surface area contributed by atoms with Gasteiger partial charge in [0.15, 0.2) is 0 Å². The minimum Gasteiger partial charge on any atom is -0.457 e. The molecule has 3 heteroatoms. The summed E-state index contributed by atoms with van der Waals surface area (Å²) in [5.74, 6) is 5.20. The van der Waals surface area contributed by atoms with Crippen molar-refractivity contribution in [1.82, 2.24) is 0 Å². The molecule has 0 N–H and O–H groups in total. The number of hydrogen-bond donors (Lipinski definition) is 0. The van der Waals surface area contributed by atoms with E-state index in [4.69, 9.17) is 9.15 Å². The first-order chi connectivity index (χ1) is 24.7. The number of para-hydroxylation sites is 2. The lowest BCUT2D eigenvalue weighted by atomic mass is 9.42. The summed E-state index contributed by atoms with van der Waals surface area (Å²) in [6.07, 6.45) is 9.20. The highest BCUT2D eigenvalue weighted by molar-refractivity contribution is 6.06. The number of ether oxygens (including phenoxy) is 1. The predicted molar refractivity (Wildman–Crippen MR) is 208 cm³/mol. The van der Waals surface area contributed by atoms with Crippen molar-refractivity contribution in [3.63, 3.8) is 0 Å². The van der Waals surface area contributed by atoms with Gasteiger partial charge in [0.25, 0.3) is 0 Å². The van der Waals surface area contributed by atoms with E-state index >= 15 is 0 Å². The van der Waals surface area contributed by atoms with Crippen molar-refractivity contribution < 1.29 is 9.15 Å². The number of furan rings is 1. The maximum Gasteiger partial charge on any atom is 0.135 e. The molecule has 5 aromatic carbocycles. The van der Waals surface area contributed by atoms with Crippen LogP contribution in [-0.4, -0.2) is 0 Å². The van der Waals surface area contributed by atoms with Crippen molar-refractivity contribution in [2.75, 3.05) is 4.90 Å². The van der Waals surface area contributed by atoms with Crippen LogP contribution >= 0.6 is 0 Å². The van der Waals surface area contributed by atoms with Crippen LogP contribution in [0.2, 0.25) is 0 Å². The second-order valence-corrected chi connectivity index (χ2v) is 18.1. The largest absolute Gasteiger partial charge is 0.457 e. The van der Waals surface area contributed by atoms with Gasteiger partial charge in [0.2, 0.25) is 0 Å². The van der Waals surface area contributed by atoms with Crippen molar-refractivity contribution in [3.8, 4) is 11.5 Å². The van der Waals surface area contributed by atoms with E-state index in [2.05, 4.69) is 136 Å². The first-order valence-corrected chi connectivity index (χ1v) is 19.5. The molecule has 1 aromatic heterocycles. The van der Waals surface area contributed by atoms with Gasteiger partial charge < -0.3 is 14.1 Å². The van der Waals surface area contributed by atoms with Crippen LogP contribution in [0.1, 0.15) is 94.9 Å². The highest BCUT2D eigenvalue weighted by atomic mass is 16.5. The van der Waals surface area contributed by atoms with E-state index in [1.54, 1.807) is 0 Å². The molecule has 4 fully saturated rings. The van der Waals surface area contributed by atoms with Crippen molar-refractivity contribution >= 4 is 39.0 Å². The van der Waals surface area contributed by atoms with Gasteiger partial charge in [-0.3, -0.25) is 0 Å². The molecule has 0 unspecified atom stereocenters. The van der Waals surface area contributed by atoms with Crippen molar-refractivity contribution in [3.05, 3.63) is 125 Å². The Kier molecular flexibility index (Phi) is 6.09. The van der Waals surface area contributed by atoms with Gasteiger partial charge in [-0.15, -0.1) is 0 Å². The van der Waals surface area contributed by atoms with Gasteiger partial charge in [-0.05, 0) is 151 Å². The first kappa shape index (κ1) is 30.2. The van der Waals surface area contributed by atoms with Crippen molar-refractivity contribution in [1.29, 1.82) is 0 Å². The minimum absolute atomic E-state index is 0.00808. The van der Waals surface area contributed by atoms with E-state index < -0.39 is 0 Å². The number of rotatable bonds is 3. The molecule has 4 bridgehead atoms. The van der Waals surface area contributed by atoms with Crippen LogP contribution in [0.15, 0.2) is 108 Å². The minimum atomic E-state index is -0.00808. The standard InChI is InChI=1S/C48H47NO2/c1-46(2)19-20-47(3,4)40-27-34(13-16-38(40)46)49(33-14-17-43-37(26-33)36-9-5-7-11-42(36)50-43)35-15-18-45-41(28-35)48(39-10-6-8-12-44(39)51-45)31-22-29-21-30(24-31)25-32(48)23-29/h5-18,26-32H,19-25H2,1-4H3. The Labute approximate surface area is 301 Å². The van der Waals surface area contributed by atoms with Gasteiger partial charge in [0.05, 0.1) is 0 Å². The third-order valence-electron chi connectivity index (χ3n) is 14.4. The van der Waals surface area contributed by atoms with Crippen LogP contribution in [0.25, 0.3) is 21.9 Å². The highest BCUT2D eigenvalue weighted by Gasteiger charge is 2.61. The maximum absolute atomic E-state index is 6.84. The number of nitrogens with zero attached hydrogens (tertiary/aromatic N) is 1. The smallest absolute Gasteiger partial charge is 0.135 e. The average Bonchev–Trinajstić information content (AvgIpc) is 3.50. The Morgan fingerprint density at radius 3 is 1.88 bits per heavy atom. The zero-order chi connectivity index (χ0) is 34.3. The van der Waals surface area contributed by atoms with E-state index in [0.717, 1.165) is 51.0 Å². The first-order valence-electron chi connectivity index (χ1n) is 19.5. The van der Waals surface area contributed by atoms with Gasteiger partial charge in [-0.1, -0.05) is 70.2 Å². The number of hydrogen-bond acceptors (Lipinski definition) is 3. The molecular weight excluding hydrogens is 623 g/mol. The molecule has 5 aliphatic carbocycles. The van der Waals surface area contributed by atoms with Gasteiger partial charge in [0, 0.05) is 44.4 Å². The second kappa shape index (κ2) is 10.3. The topological polar surface area (TPSA) is 25.6 Å². The van der Waals surface area contributed by atoms with Gasteiger partial charge in [-0.2, -0.15) is 0 Å². The van der Waals surface area contributed by atoms with Gasteiger partial charge in [-0.25, -0.2) is 0 Å². The Hall–Kier alpha value is -4.50. The summed E-state index contributed by atoms with van der Waals surface area (Å²) in [6, 6.07) is 38.7. The maximum atomic E-state index is 6.84. The van der Waals surface area contributed by atoms with Crippen LogP contribution in [0.4, 0.5) is 17.1 Å². The fourth-order valence-corrected chi connectivity index (χ4v) is 12.1. The number of benzene rings is 5. The molecule has 51 heavy (non-hydrogen) atoms. The molecule has 0 radical (unpaired) electrons. The second-order valence-electron chi connectivity index (χ2n) is 18.1. The average molecular weight is 670 g/mol. The Morgan fingerprint density at radius 2 is 1.10 bits per heavy atom. The van der Waals surface area contributed by atoms with Crippen LogP contribution < -0.4 is 9.64 Å². The zero-order valence-corrected chi connectivity index (χ0v) is 30.3. The molecule has 256 valence electrons. The summed E-state index contributed by atoms with van der Waals surface area (Å²) in [7, 11) is 0. The van der Waals surface area contributed by atoms with Crippen LogP contribution in [0.5, 0.6) is 11.5 Å². The predicted octanol–water partition coefficient (Wildman–Crippen LogP) is 13.3. The van der Waals surface area contributed by atoms with E-state index in [9.17, 15) is 0 Å². The van der Waals surface area contributed by atoms with Crippen LogP contribution in [0.3, 0.4) is 0 Å². The molecule has 2 heterocycles. The number of fused-ring (bicyclic) bond motifs is 6. The lowest BCUT2D eigenvalue weighted by molar-refractivity contribution is -0.0452. The summed E-state index contributed by atoms with van der Waals surface area (Å²) in [4.78, 5) is 2.52. The van der Waals surface area contributed by atoms with E-state index in [-0.39, 0.29) is 16.2 Å². The Bertz CT molecular complexity index is 2360. The lowest BCUT2D eigenvalue weighted by Gasteiger charge is -2.63. The molecule has 0 amide bonds. The third kappa shape index (κ3) is 4.18. The molecular formula is C48H47NO2. The summed E-state index contributed by atoms with van der Waals surface area (Å²) >= 11 is 0. The van der Waals surface area contributed by atoms with E-state index in [1.807, 2.05) is 0 Å². The van der Waals surface area contributed by atoms with E-state index in [1.165, 1.54) is 78.6 Å². The summed E-state index contributed by atoms with van der Waals surface area (Å²) < 4.78 is 13.2. The van der Waals surface area contributed by atoms with Crippen LogP contribution in [-0.2, 0) is 16.2 Å². The molecule has 4 saturated carbocycles. The van der Waals surface area contributed by atoms with Gasteiger partial charge >= 0.3 is 0 Å². The Morgan fingerprint density at radius 1 is 0.510 bits per heavy atom.